The number of hydrogen-bond donors (Lipinski definition) is 2. The van der Waals surface area contributed by atoms with Gasteiger partial charge in [0.05, 0.1) is 11.9 Å². The van der Waals surface area contributed by atoms with Gasteiger partial charge in [-0.2, -0.15) is 0 Å². The fraction of sp³-hybridized carbons (Fsp3) is 0.500. The van der Waals surface area contributed by atoms with E-state index >= 15 is 0 Å². The second-order valence-corrected chi connectivity index (χ2v) is 1.53. The van der Waals surface area contributed by atoms with Gasteiger partial charge in [0.25, 0.3) is 0 Å². The summed E-state index contributed by atoms with van der Waals surface area (Å²) in [5.41, 5.74) is 0. The van der Waals surface area contributed by atoms with E-state index in [0.29, 0.717) is 0 Å². The van der Waals surface area contributed by atoms with E-state index in [1.807, 2.05) is 0 Å². The first kappa shape index (κ1) is 17.6. The van der Waals surface area contributed by atoms with E-state index < -0.39 is 24.1 Å². The molecule has 0 aliphatic heterocycles. The molecule has 0 saturated carbocycles. The molecule has 0 heterocycles. The standard InChI is InChI=1S/C4H6O6.Mg.H2O/c5-1(3(7)8)2(6)4(9)10;;/h1-2,5-6H,(H,7,8)(H,9,10);;1H2/q;+2;/p-2. The minimum absolute atomic E-state index is 0. The predicted octanol–water partition coefficient (Wildman–Crippen LogP) is -6.00. The number of aliphatic carboxylic acids is 2. The summed E-state index contributed by atoms with van der Waals surface area (Å²) in [6.45, 7) is 0. The zero-order chi connectivity index (χ0) is 8.31. The molecule has 66 valence electrons. The first-order chi connectivity index (χ1) is 4.46. The zero-order valence-electron chi connectivity index (χ0n) is 5.89. The van der Waals surface area contributed by atoms with Crippen LogP contribution in [0.4, 0.5) is 0 Å². The first-order valence-electron chi connectivity index (χ1n) is 2.24. The number of carbonyl (C=O) groups is 2. The van der Waals surface area contributed by atoms with E-state index in [1.165, 1.54) is 0 Å². The van der Waals surface area contributed by atoms with Crippen LogP contribution in [0.1, 0.15) is 0 Å². The second kappa shape index (κ2) is 7.25. The van der Waals surface area contributed by atoms with Crippen LogP contribution in [0.5, 0.6) is 0 Å². The van der Waals surface area contributed by atoms with Crippen LogP contribution in [0.25, 0.3) is 0 Å². The number of hydrogen-bond acceptors (Lipinski definition) is 6. The van der Waals surface area contributed by atoms with Crippen LogP contribution in [-0.2, 0) is 9.59 Å². The molecule has 0 radical (unpaired) electrons. The van der Waals surface area contributed by atoms with Gasteiger partial charge in [-0.15, -0.1) is 0 Å². The van der Waals surface area contributed by atoms with Gasteiger partial charge in [-0.3, -0.25) is 0 Å². The molecule has 0 aliphatic rings. The van der Waals surface area contributed by atoms with Crippen LogP contribution in [0, 0.1) is 0 Å². The Hall–Kier alpha value is -0.414. The maximum Gasteiger partial charge on any atom is 2.00 e. The average molecular weight is 190 g/mol. The van der Waals surface area contributed by atoms with Crippen molar-refractivity contribution in [1.29, 1.82) is 0 Å². The summed E-state index contributed by atoms with van der Waals surface area (Å²) >= 11 is 0. The molecule has 0 fully saturated rings. The van der Waals surface area contributed by atoms with Crippen LogP contribution in [0.15, 0.2) is 0 Å². The number of aliphatic hydroxyl groups is 2. The summed E-state index contributed by atoms with van der Waals surface area (Å²) in [4.78, 5) is 19.3. The van der Waals surface area contributed by atoms with Crippen LogP contribution < -0.4 is 10.2 Å². The molecule has 2 atom stereocenters. The summed E-state index contributed by atoms with van der Waals surface area (Å²) in [6, 6.07) is 0. The number of carbonyl (C=O) groups excluding carboxylic acids is 2. The third-order valence-electron chi connectivity index (χ3n) is 0.782. The molecule has 0 bridgehead atoms. The van der Waals surface area contributed by atoms with Gasteiger partial charge in [-0.05, 0) is 0 Å². The normalized spacial score (nSPS) is 13.2. The molecular formula is C4H6MgO7. The number of aliphatic hydroxyl groups excluding tert-OH is 2. The van der Waals surface area contributed by atoms with Crippen molar-refractivity contribution in [2.24, 2.45) is 0 Å². The smallest absolute Gasteiger partial charge is 0.547 e. The van der Waals surface area contributed by atoms with Gasteiger partial charge >= 0.3 is 23.1 Å². The van der Waals surface area contributed by atoms with Gasteiger partial charge in [0.15, 0.2) is 0 Å². The van der Waals surface area contributed by atoms with Gasteiger partial charge in [0.2, 0.25) is 0 Å². The van der Waals surface area contributed by atoms with Crippen molar-refractivity contribution in [3.05, 3.63) is 0 Å². The molecule has 0 spiro atoms. The Morgan fingerprint density at radius 3 is 1.25 bits per heavy atom. The Kier molecular flexibility index (Phi) is 10.6. The van der Waals surface area contributed by atoms with Gasteiger partial charge < -0.3 is 35.5 Å². The molecule has 0 saturated heterocycles. The fourth-order valence-corrected chi connectivity index (χ4v) is 0.258. The predicted molar refractivity (Wildman–Crippen MR) is 31.4 cm³/mol. The van der Waals surface area contributed by atoms with Crippen LogP contribution >= 0.6 is 0 Å². The SMILES string of the molecule is O.O=C([O-])C(O)C(O)C(=O)[O-].[Mg+2]. The van der Waals surface area contributed by atoms with Gasteiger partial charge in [-0.25, -0.2) is 0 Å². The molecule has 0 aliphatic carbocycles. The van der Waals surface area contributed by atoms with Gasteiger partial charge in [0, 0.05) is 0 Å². The molecule has 0 aromatic rings. The summed E-state index contributed by atoms with van der Waals surface area (Å²) in [6.07, 6.45) is -4.88. The molecule has 12 heavy (non-hydrogen) atoms. The third-order valence-corrected chi connectivity index (χ3v) is 0.782. The first-order valence-corrected chi connectivity index (χ1v) is 2.24. The molecule has 8 heteroatoms. The number of carboxylic acids is 2. The van der Waals surface area contributed by atoms with Crippen molar-refractivity contribution in [3.63, 3.8) is 0 Å². The maximum atomic E-state index is 9.63. The summed E-state index contributed by atoms with van der Waals surface area (Å²) < 4.78 is 0. The van der Waals surface area contributed by atoms with Crippen LogP contribution in [-0.4, -0.2) is 62.9 Å². The molecule has 4 N–H and O–H groups in total. The Labute approximate surface area is 83.1 Å². The second-order valence-electron chi connectivity index (χ2n) is 1.53. The van der Waals surface area contributed by atoms with Crippen molar-refractivity contribution >= 4 is 35.0 Å². The van der Waals surface area contributed by atoms with Crippen molar-refractivity contribution in [2.75, 3.05) is 0 Å². The zero-order valence-corrected chi connectivity index (χ0v) is 7.30. The minimum atomic E-state index is -2.44. The largest absolute Gasteiger partial charge is 2.00 e. The topological polar surface area (TPSA) is 152 Å². The molecule has 0 amide bonds. The molecule has 2 unspecified atom stereocenters. The Morgan fingerprint density at radius 2 is 1.17 bits per heavy atom. The van der Waals surface area contributed by atoms with Crippen molar-refractivity contribution < 1.29 is 35.5 Å². The average Bonchev–Trinajstić information content (AvgIpc) is 1.84. The van der Waals surface area contributed by atoms with Crippen LogP contribution in [0.3, 0.4) is 0 Å². The monoisotopic (exact) mass is 190 g/mol. The van der Waals surface area contributed by atoms with E-state index in [1.54, 1.807) is 0 Å². The van der Waals surface area contributed by atoms with E-state index in [4.69, 9.17) is 10.2 Å². The van der Waals surface area contributed by atoms with E-state index in [-0.39, 0.29) is 28.5 Å². The summed E-state index contributed by atoms with van der Waals surface area (Å²) in [7, 11) is 0. The van der Waals surface area contributed by atoms with Crippen LogP contribution in [0.2, 0.25) is 0 Å². The minimum Gasteiger partial charge on any atom is -0.547 e. The molecule has 7 nitrogen and oxygen atoms in total. The van der Waals surface area contributed by atoms with Gasteiger partial charge in [-0.1, -0.05) is 0 Å². The summed E-state index contributed by atoms with van der Waals surface area (Å²) in [5.74, 6) is -4.12. The van der Waals surface area contributed by atoms with Gasteiger partial charge in [0.1, 0.15) is 12.2 Å². The van der Waals surface area contributed by atoms with E-state index in [0.717, 1.165) is 0 Å². The van der Waals surface area contributed by atoms with Crippen molar-refractivity contribution in [3.8, 4) is 0 Å². The van der Waals surface area contributed by atoms with Crippen molar-refractivity contribution in [1.82, 2.24) is 0 Å². The quantitative estimate of drug-likeness (QED) is 0.422. The molecule has 0 aromatic carbocycles. The summed E-state index contributed by atoms with van der Waals surface area (Å²) in [5, 5.41) is 35.7. The van der Waals surface area contributed by atoms with E-state index in [2.05, 4.69) is 0 Å². The molecule has 0 rings (SSSR count). The number of carboxylic acid groups (broad SMARTS) is 2. The Bertz CT molecular complexity index is 139. The maximum absolute atomic E-state index is 9.63. The molecule has 0 aromatic heterocycles. The Morgan fingerprint density at radius 1 is 1.00 bits per heavy atom. The van der Waals surface area contributed by atoms with Crippen molar-refractivity contribution in [2.45, 2.75) is 12.2 Å². The van der Waals surface area contributed by atoms with E-state index in [9.17, 15) is 19.8 Å². The Balaban J connectivity index is -0.000000405. The molecular weight excluding hydrogens is 184 g/mol. The third kappa shape index (κ3) is 5.26. The fourth-order valence-electron chi connectivity index (χ4n) is 0.258. The number of rotatable bonds is 3.